The predicted octanol–water partition coefficient (Wildman–Crippen LogP) is 1.25. The molecule has 2 rings (SSSR count). The Balaban J connectivity index is 1.60. The lowest BCUT2D eigenvalue weighted by Crippen LogP contribution is -2.38. The van der Waals surface area contributed by atoms with E-state index in [4.69, 9.17) is 14.2 Å². The fourth-order valence-corrected chi connectivity index (χ4v) is 2.00. The Morgan fingerprint density at radius 1 is 1.35 bits per heavy atom. The molecule has 1 aromatic carbocycles. The minimum Gasteiger partial charge on any atom is -0.482 e. The number of carbonyl (C=O) groups excluding carboxylic acids is 1. The quantitative estimate of drug-likeness (QED) is 0.733. The van der Waals surface area contributed by atoms with Crippen LogP contribution in [0.5, 0.6) is 5.75 Å². The van der Waals surface area contributed by atoms with Gasteiger partial charge in [0, 0.05) is 19.6 Å². The molecule has 5 heteroatoms. The van der Waals surface area contributed by atoms with E-state index < -0.39 is 0 Å². The van der Waals surface area contributed by atoms with Crippen molar-refractivity contribution in [2.75, 3.05) is 46.1 Å². The molecule has 1 heterocycles. The van der Waals surface area contributed by atoms with E-state index in [1.165, 1.54) is 0 Å². The van der Waals surface area contributed by atoms with Crippen LogP contribution in [-0.2, 0) is 14.3 Å². The molecule has 110 valence electrons. The monoisotopic (exact) mass is 279 g/mol. The third-order valence-electron chi connectivity index (χ3n) is 3.12. The Labute approximate surface area is 119 Å². The Kier molecular flexibility index (Phi) is 5.83. The molecule has 0 spiro atoms. The van der Waals surface area contributed by atoms with Gasteiger partial charge < -0.3 is 14.2 Å². The van der Waals surface area contributed by atoms with Crippen LogP contribution in [0.4, 0.5) is 0 Å². The molecule has 0 bridgehead atoms. The lowest BCUT2D eigenvalue weighted by Gasteiger charge is -2.26. The minimum absolute atomic E-state index is 0.0490. The number of morpholine rings is 1. The topological polar surface area (TPSA) is 48.0 Å². The van der Waals surface area contributed by atoms with Crippen molar-refractivity contribution in [2.45, 2.75) is 6.92 Å². The molecule has 1 aromatic rings. The van der Waals surface area contributed by atoms with Gasteiger partial charge in [-0.15, -0.1) is 0 Å². The third kappa shape index (κ3) is 5.19. The second kappa shape index (κ2) is 7.87. The van der Waals surface area contributed by atoms with Gasteiger partial charge in [-0.3, -0.25) is 4.90 Å². The van der Waals surface area contributed by atoms with Crippen LogP contribution in [0, 0.1) is 6.92 Å². The normalized spacial score (nSPS) is 15.8. The van der Waals surface area contributed by atoms with Gasteiger partial charge in [-0.1, -0.05) is 12.1 Å². The molecule has 1 aliphatic heterocycles. The highest BCUT2D eigenvalue weighted by Crippen LogP contribution is 2.12. The molecule has 1 fully saturated rings. The molecule has 0 aliphatic carbocycles. The van der Waals surface area contributed by atoms with E-state index in [-0.39, 0.29) is 12.6 Å². The Morgan fingerprint density at radius 3 is 2.90 bits per heavy atom. The van der Waals surface area contributed by atoms with E-state index >= 15 is 0 Å². The summed E-state index contributed by atoms with van der Waals surface area (Å²) < 4.78 is 15.8. The first-order valence-electron chi connectivity index (χ1n) is 6.89. The third-order valence-corrected chi connectivity index (χ3v) is 3.12. The highest BCUT2D eigenvalue weighted by atomic mass is 16.6. The van der Waals surface area contributed by atoms with Gasteiger partial charge in [-0.25, -0.2) is 4.79 Å². The largest absolute Gasteiger partial charge is 0.482 e. The standard InChI is InChI=1S/C15H21NO4/c1-13-3-2-4-14(11-13)20-12-15(17)19-10-7-16-5-8-18-9-6-16/h2-4,11H,5-10,12H2,1H3. The molecule has 1 saturated heterocycles. The van der Waals surface area contributed by atoms with Crippen molar-refractivity contribution in [3.8, 4) is 5.75 Å². The molecule has 0 unspecified atom stereocenters. The first-order chi connectivity index (χ1) is 9.74. The molecular weight excluding hydrogens is 258 g/mol. The molecule has 0 atom stereocenters. The number of esters is 1. The van der Waals surface area contributed by atoms with Crippen LogP contribution in [0.3, 0.4) is 0 Å². The summed E-state index contributed by atoms with van der Waals surface area (Å²) in [5, 5.41) is 0. The summed E-state index contributed by atoms with van der Waals surface area (Å²) in [6.07, 6.45) is 0. The van der Waals surface area contributed by atoms with Crippen LogP contribution in [0.1, 0.15) is 5.56 Å². The average molecular weight is 279 g/mol. The van der Waals surface area contributed by atoms with Crippen LogP contribution in [0.2, 0.25) is 0 Å². The number of rotatable bonds is 6. The van der Waals surface area contributed by atoms with Gasteiger partial charge in [0.2, 0.25) is 0 Å². The maximum absolute atomic E-state index is 11.6. The van der Waals surface area contributed by atoms with Crippen molar-refractivity contribution in [3.63, 3.8) is 0 Å². The van der Waals surface area contributed by atoms with Crippen molar-refractivity contribution < 1.29 is 19.0 Å². The number of hydrogen-bond acceptors (Lipinski definition) is 5. The van der Waals surface area contributed by atoms with Gasteiger partial charge in [0.25, 0.3) is 0 Å². The zero-order valence-electron chi connectivity index (χ0n) is 11.8. The highest BCUT2D eigenvalue weighted by molar-refractivity contribution is 5.71. The van der Waals surface area contributed by atoms with Gasteiger partial charge in [0.15, 0.2) is 6.61 Å². The maximum Gasteiger partial charge on any atom is 0.344 e. The average Bonchev–Trinajstić information content (AvgIpc) is 2.46. The summed E-state index contributed by atoms with van der Waals surface area (Å²) in [5.41, 5.74) is 1.10. The van der Waals surface area contributed by atoms with Crippen molar-refractivity contribution in [2.24, 2.45) is 0 Å². The second-order valence-electron chi connectivity index (χ2n) is 4.78. The van der Waals surface area contributed by atoms with Gasteiger partial charge in [-0.2, -0.15) is 0 Å². The molecule has 0 N–H and O–H groups in total. The summed E-state index contributed by atoms with van der Waals surface area (Å²) in [5.74, 6) is 0.356. The zero-order chi connectivity index (χ0) is 14.2. The van der Waals surface area contributed by atoms with E-state index in [1.54, 1.807) is 0 Å². The van der Waals surface area contributed by atoms with Crippen LogP contribution < -0.4 is 4.74 Å². The fraction of sp³-hybridized carbons (Fsp3) is 0.533. The number of nitrogens with zero attached hydrogens (tertiary/aromatic N) is 1. The van der Waals surface area contributed by atoms with Gasteiger partial charge >= 0.3 is 5.97 Å². The van der Waals surface area contributed by atoms with E-state index in [9.17, 15) is 4.79 Å². The Bertz CT molecular complexity index is 430. The van der Waals surface area contributed by atoms with E-state index in [0.717, 1.165) is 38.4 Å². The number of benzene rings is 1. The lowest BCUT2D eigenvalue weighted by molar-refractivity contribution is -0.146. The summed E-state index contributed by atoms with van der Waals surface area (Å²) in [6.45, 7) is 6.39. The highest BCUT2D eigenvalue weighted by Gasteiger charge is 2.11. The van der Waals surface area contributed by atoms with Gasteiger partial charge in [0.05, 0.1) is 13.2 Å². The molecular formula is C15H21NO4. The number of aryl methyl sites for hydroxylation is 1. The van der Waals surface area contributed by atoms with Crippen LogP contribution >= 0.6 is 0 Å². The molecule has 0 saturated carbocycles. The number of hydrogen-bond donors (Lipinski definition) is 0. The van der Waals surface area contributed by atoms with Crippen LogP contribution in [-0.4, -0.2) is 56.9 Å². The fourth-order valence-electron chi connectivity index (χ4n) is 2.00. The van der Waals surface area contributed by atoms with Crippen LogP contribution in [0.15, 0.2) is 24.3 Å². The first kappa shape index (κ1) is 14.8. The Hall–Kier alpha value is -1.59. The summed E-state index contributed by atoms with van der Waals surface area (Å²) in [4.78, 5) is 13.8. The van der Waals surface area contributed by atoms with E-state index in [0.29, 0.717) is 12.4 Å². The SMILES string of the molecule is Cc1cccc(OCC(=O)OCCN2CCOCC2)c1. The zero-order valence-corrected chi connectivity index (χ0v) is 11.8. The smallest absolute Gasteiger partial charge is 0.344 e. The van der Waals surface area contributed by atoms with E-state index in [1.807, 2.05) is 31.2 Å². The molecule has 0 radical (unpaired) electrons. The van der Waals surface area contributed by atoms with Crippen LogP contribution in [0.25, 0.3) is 0 Å². The summed E-state index contributed by atoms with van der Waals surface area (Å²) >= 11 is 0. The van der Waals surface area contributed by atoms with Gasteiger partial charge in [-0.05, 0) is 24.6 Å². The lowest BCUT2D eigenvalue weighted by atomic mass is 10.2. The van der Waals surface area contributed by atoms with Crippen molar-refractivity contribution >= 4 is 5.97 Å². The molecule has 0 aromatic heterocycles. The minimum atomic E-state index is -0.334. The second-order valence-corrected chi connectivity index (χ2v) is 4.78. The molecule has 0 amide bonds. The molecule has 20 heavy (non-hydrogen) atoms. The number of carbonyl (C=O) groups is 1. The summed E-state index contributed by atoms with van der Waals surface area (Å²) in [7, 11) is 0. The predicted molar refractivity (Wildman–Crippen MR) is 74.9 cm³/mol. The van der Waals surface area contributed by atoms with Crippen molar-refractivity contribution in [3.05, 3.63) is 29.8 Å². The van der Waals surface area contributed by atoms with E-state index in [2.05, 4.69) is 4.90 Å². The Morgan fingerprint density at radius 2 is 2.15 bits per heavy atom. The van der Waals surface area contributed by atoms with Crippen molar-refractivity contribution in [1.29, 1.82) is 0 Å². The molecule has 5 nitrogen and oxygen atoms in total. The molecule has 1 aliphatic rings. The van der Waals surface area contributed by atoms with Crippen molar-refractivity contribution in [1.82, 2.24) is 4.90 Å². The van der Waals surface area contributed by atoms with Gasteiger partial charge in [0.1, 0.15) is 12.4 Å². The summed E-state index contributed by atoms with van der Waals surface area (Å²) in [6, 6.07) is 7.59. The first-order valence-corrected chi connectivity index (χ1v) is 6.89. The maximum atomic E-state index is 11.6. The number of ether oxygens (including phenoxy) is 3.